The number of carbonyl (C=O) groups excluding carboxylic acids is 1. The van der Waals surface area contributed by atoms with E-state index in [2.05, 4.69) is 19.5 Å². The Bertz CT molecular complexity index is 1010. The Hall–Kier alpha value is -2.11. The lowest BCUT2D eigenvalue weighted by Gasteiger charge is -2.24. The number of aldehydes is 1. The molecule has 16 nitrogen and oxygen atoms in total. The van der Waals surface area contributed by atoms with Crippen molar-refractivity contribution in [3.8, 4) is 0 Å². The number of hydrogen-bond donors (Lipinski definition) is 7. The Balaban J connectivity index is 1.53. The first-order valence-corrected chi connectivity index (χ1v) is 11.1. The van der Waals surface area contributed by atoms with E-state index in [1.807, 2.05) is 0 Å². The molecule has 33 heavy (non-hydrogen) atoms. The predicted molar refractivity (Wildman–Crippen MR) is 106 cm³/mol. The van der Waals surface area contributed by atoms with Crippen molar-refractivity contribution in [3.63, 3.8) is 0 Å². The fourth-order valence-electron chi connectivity index (χ4n) is 3.10. The first-order chi connectivity index (χ1) is 15.5. The van der Waals surface area contributed by atoms with Gasteiger partial charge in [-0.2, -0.15) is 0 Å². The van der Waals surface area contributed by atoms with E-state index in [1.54, 1.807) is 0 Å². The second-order valence-electron chi connectivity index (χ2n) is 7.25. The van der Waals surface area contributed by atoms with Crippen molar-refractivity contribution >= 4 is 31.1 Å². The van der Waals surface area contributed by atoms with E-state index in [1.165, 1.54) is 17.2 Å². The lowest BCUT2D eigenvalue weighted by molar-refractivity contribution is -0.136. The van der Waals surface area contributed by atoms with Crippen molar-refractivity contribution < 1.29 is 53.6 Å². The average Bonchev–Trinajstić information content (AvgIpc) is 3.38. The van der Waals surface area contributed by atoms with Crippen LogP contribution in [0.25, 0.3) is 11.2 Å². The van der Waals surface area contributed by atoms with E-state index in [-0.39, 0.29) is 18.5 Å². The van der Waals surface area contributed by atoms with E-state index in [9.17, 15) is 34.7 Å². The summed E-state index contributed by atoms with van der Waals surface area (Å²) in [6, 6.07) is 0. The minimum atomic E-state index is -4.78. The molecule has 0 amide bonds. The number of aliphatic hydroxyl groups is 5. The van der Waals surface area contributed by atoms with Crippen molar-refractivity contribution in [3.05, 3.63) is 12.7 Å². The van der Waals surface area contributed by atoms with Crippen LogP contribution in [0.2, 0.25) is 0 Å². The largest absolute Gasteiger partial charge is 0.472 e. The fourth-order valence-corrected chi connectivity index (χ4v) is 3.85. The third-order valence-corrected chi connectivity index (χ3v) is 5.90. The molecular formula is C16H24N5O11P. The summed E-state index contributed by atoms with van der Waals surface area (Å²) in [6.07, 6.45) is -8.17. The molecule has 0 aliphatic carbocycles. The number of ether oxygens (including phenoxy) is 1. The van der Waals surface area contributed by atoms with Crippen molar-refractivity contribution in [2.45, 2.75) is 49.3 Å². The minimum Gasteiger partial charge on any atom is -0.390 e. The molecule has 0 spiro atoms. The predicted octanol–water partition coefficient (Wildman–Crippen LogP) is -3.17. The Morgan fingerprint density at radius 3 is 2.67 bits per heavy atom. The number of nitrogen functional groups attached to an aromatic ring is 1. The van der Waals surface area contributed by atoms with Gasteiger partial charge >= 0.3 is 7.82 Å². The fraction of sp³-hybridized carbons (Fsp3) is 0.625. The maximum Gasteiger partial charge on any atom is 0.472 e. The van der Waals surface area contributed by atoms with Crippen LogP contribution in [0, 0.1) is 0 Å². The van der Waals surface area contributed by atoms with Gasteiger partial charge in [0.2, 0.25) is 0 Å². The second-order valence-corrected chi connectivity index (χ2v) is 8.70. The first kappa shape index (κ1) is 25.5. The molecule has 0 radical (unpaired) electrons. The van der Waals surface area contributed by atoms with Crippen LogP contribution in [0.15, 0.2) is 12.7 Å². The van der Waals surface area contributed by atoms with Crippen LogP contribution in [0.4, 0.5) is 5.82 Å². The van der Waals surface area contributed by atoms with Crippen molar-refractivity contribution in [2.24, 2.45) is 0 Å². The molecule has 2 unspecified atom stereocenters. The van der Waals surface area contributed by atoms with Gasteiger partial charge in [0.05, 0.1) is 25.6 Å². The van der Waals surface area contributed by atoms with Crippen LogP contribution < -0.4 is 5.73 Å². The summed E-state index contributed by atoms with van der Waals surface area (Å²) in [7, 11) is -4.78. The molecule has 0 saturated carbocycles. The molecule has 1 fully saturated rings. The minimum absolute atomic E-state index is 0.0593. The molecular weight excluding hydrogens is 469 g/mol. The van der Waals surface area contributed by atoms with Gasteiger partial charge in [0.25, 0.3) is 0 Å². The number of rotatable bonds is 11. The normalized spacial score (nSPS) is 26.5. The number of hydrogen-bond acceptors (Lipinski definition) is 14. The summed E-state index contributed by atoms with van der Waals surface area (Å²) in [5.74, 6) is 0.163. The van der Waals surface area contributed by atoms with E-state index in [0.29, 0.717) is 11.2 Å². The smallest absolute Gasteiger partial charge is 0.390 e. The van der Waals surface area contributed by atoms with Crippen LogP contribution in [0.3, 0.4) is 0 Å². The third kappa shape index (κ3) is 5.88. The Labute approximate surface area is 185 Å². The number of carbonyl (C=O) groups is 1. The summed E-state index contributed by atoms with van der Waals surface area (Å²) in [5, 5.41) is 48.2. The lowest BCUT2D eigenvalue weighted by Crippen LogP contribution is -2.46. The van der Waals surface area contributed by atoms with Gasteiger partial charge in [0.15, 0.2) is 17.8 Å². The van der Waals surface area contributed by atoms with Gasteiger partial charge in [-0.05, 0) is 0 Å². The highest BCUT2D eigenvalue weighted by atomic mass is 31.2. The number of phosphoric acid groups is 1. The van der Waals surface area contributed by atoms with Crippen molar-refractivity contribution in [1.29, 1.82) is 0 Å². The maximum atomic E-state index is 12.1. The average molecular weight is 493 g/mol. The van der Waals surface area contributed by atoms with Gasteiger partial charge in [-0.25, -0.2) is 19.5 Å². The van der Waals surface area contributed by atoms with Crippen LogP contribution in [0.5, 0.6) is 0 Å². The number of aromatic nitrogens is 4. The monoisotopic (exact) mass is 493 g/mol. The second kappa shape index (κ2) is 10.4. The lowest BCUT2D eigenvalue weighted by atomic mass is 10.0. The highest BCUT2D eigenvalue weighted by Gasteiger charge is 2.38. The molecule has 2 aromatic heterocycles. The number of anilines is 1. The maximum absolute atomic E-state index is 12.1. The molecule has 3 rings (SSSR count). The van der Waals surface area contributed by atoms with Gasteiger partial charge in [-0.3, -0.25) is 13.6 Å². The zero-order chi connectivity index (χ0) is 24.3. The topological polar surface area (TPSA) is 253 Å². The van der Waals surface area contributed by atoms with Gasteiger partial charge in [-0.1, -0.05) is 0 Å². The summed E-state index contributed by atoms with van der Waals surface area (Å²) in [5.41, 5.74) is 6.45. The molecule has 17 heteroatoms. The molecule has 1 aliphatic heterocycles. The third-order valence-electron chi connectivity index (χ3n) is 4.95. The summed E-state index contributed by atoms with van der Waals surface area (Å²) >= 11 is 0. The number of imidazole rings is 1. The highest BCUT2D eigenvalue weighted by molar-refractivity contribution is 7.47. The summed E-state index contributed by atoms with van der Waals surface area (Å²) in [4.78, 5) is 32.2. The number of nitrogens with two attached hydrogens (primary N) is 1. The molecule has 1 saturated heterocycles. The van der Waals surface area contributed by atoms with Crippen LogP contribution in [-0.2, 0) is 23.1 Å². The quantitative estimate of drug-likeness (QED) is 0.120. The Morgan fingerprint density at radius 2 is 1.97 bits per heavy atom. The Morgan fingerprint density at radius 1 is 1.24 bits per heavy atom. The van der Waals surface area contributed by atoms with E-state index >= 15 is 0 Å². The van der Waals surface area contributed by atoms with Gasteiger partial charge < -0.3 is 45.7 Å². The van der Waals surface area contributed by atoms with Crippen molar-refractivity contribution in [1.82, 2.24) is 19.5 Å². The molecule has 3 heterocycles. The zero-order valence-corrected chi connectivity index (χ0v) is 17.8. The first-order valence-electron chi connectivity index (χ1n) is 9.60. The van der Waals surface area contributed by atoms with E-state index in [0.717, 1.165) is 0 Å². The summed E-state index contributed by atoms with van der Waals surface area (Å²) < 4.78 is 28.6. The number of nitrogens with zero attached hydrogens (tertiary/aromatic N) is 4. The molecule has 2 aromatic rings. The van der Waals surface area contributed by atoms with Gasteiger partial charge in [-0.15, -0.1) is 0 Å². The SMILES string of the molecule is Nc1ncnc2c1ncn2[C@H]1CC(O)[C@@H](COP(=O)(O)OC[C@H](O)[C@H](O)[C@@H](O)[C@H](O)C=O)O1. The van der Waals surface area contributed by atoms with Gasteiger partial charge in [0, 0.05) is 6.42 Å². The van der Waals surface area contributed by atoms with Crippen LogP contribution >= 0.6 is 7.82 Å². The number of fused-ring (bicyclic) bond motifs is 1. The standard InChI is InChI=1S/C16H24N5O11P/c17-15-12-16(19-5-18-15)21(6-20-12)11-1-7(23)10(32-11)4-31-33(28,29)30-3-9(25)14(27)13(26)8(24)2-22/h2,5-11,13-14,23-27H,1,3-4H2,(H,28,29)(H2,17,18,19)/t7?,8-,9+,10-,11-,13+,14+/m1/s1. The number of aliphatic hydroxyl groups excluding tert-OH is 5. The molecule has 8 N–H and O–H groups in total. The molecule has 8 atom stereocenters. The van der Waals surface area contributed by atoms with Crippen molar-refractivity contribution in [2.75, 3.05) is 18.9 Å². The zero-order valence-electron chi connectivity index (χ0n) is 16.9. The molecule has 1 aliphatic rings. The highest BCUT2D eigenvalue weighted by Crippen LogP contribution is 2.44. The summed E-state index contributed by atoms with van der Waals surface area (Å²) in [6.45, 7) is -1.54. The number of phosphoric ester groups is 1. The van der Waals surface area contributed by atoms with Crippen LogP contribution in [-0.4, -0.2) is 106 Å². The molecule has 0 aromatic carbocycles. The van der Waals surface area contributed by atoms with E-state index < -0.39 is 63.9 Å². The molecule has 0 bridgehead atoms. The van der Waals surface area contributed by atoms with E-state index in [4.69, 9.17) is 20.1 Å². The van der Waals surface area contributed by atoms with Gasteiger partial charge in [0.1, 0.15) is 48.6 Å². The molecule has 184 valence electrons. The Kier molecular flexibility index (Phi) is 8.07. The van der Waals surface area contributed by atoms with Crippen LogP contribution in [0.1, 0.15) is 12.6 Å².